The number of amides is 1. The van der Waals surface area contributed by atoms with Crippen LogP contribution in [0.25, 0.3) is 0 Å². The molecule has 2 heterocycles. The summed E-state index contributed by atoms with van der Waals surface area (Å²) in [6.45, 7) is 5.39. The second-order valence-corrected chi connectivity index (χ2v) is 6.57. The molecule has 1 amide bonds. The summed E-state index contributed by atoms with van der Waals surface area (Å²) in [6, 6.07) is 9.61. The number of likely N-dealkylation sites (tertiary alicyclic amines) is 1. The Morgan fingerprint density at radius 2 is 2.04 bits per heavy atom. The molecule has 5 heteroatoms. The van der Waals surface area contributed by atoms with Crippen molar-refractivity contribution in [2.45, 2.75) is 44.3 Å². The first-order chi connectivity index (χ1) is 11.7. The van der Waals surface area contributed by atoms with E-state index in [2.05, 4.69) is 0 Å². The van der Waals surface area contributed by atoms with Crippen molar-refractivity contribution in [2.24, 2.45) is 0 Å². The van der Waals surface area contributed by atoms with Gasteiger partial charge in [-0.1, -0.05) is 18.2 Å². The second-order valence-electron chi connectivity index (χ2n) is 6.57. The second kappa shape index (κ2) is 7.99. The molecule has 1 aromatic rings. The Morgan fingerprint density at radius 1 is 1.29 bits per heavy atom. The third kappa shape index (κ3) is 4.28. The number of hydrogen-bond donors (Lipinski definition) is 0. The fraction of sp³-hybridized carbons (Fsp3) is 0.632. The van der Waals surface area contributed by atoms with Gasteiger partial charge in [0.15, 0.2) is 0 Å². The standard InChI is InChI=1S/C19H27NO4/c1-2-22-17-14-19(24-15-17)9-11-20(12-10-19)18(21)8-13-23-16-6-4-3-5-7-16/h3-7,17H,2,8-15H2,1H3/t17-/m1/s1. The van der Waals surface area contributed by atoms with E-state index in [9.17, 15) is 4.79 Å². The van der Waals surface area contributed by atoms with E-state index < -0.39 is 0 Å². The normalized spacial score (nSPS) is 22.7. The zero-order valence-electron chi connectivity index (χ0n) is 14.4. The molecule has 2 aliphatic heterocycles. The van der Waals surface area contributed by atoms with E-state index in [4.69, 9.17) is 14.2 Å². The molecule has 0 aliphatic carbocycles. The van der Waals surface area contributed by atoms with Crippen molar-refractivity contribution in [3.05, 3.63) is 30.3 Å². The quantitative estimate of drug-likeness (QED) is 0.803. The maximum Gasteiger partial charge on any atom is 0.226 e. The van der Waals surface area contributed by atoms with Gasteiger partial charge in [-0.3, -0.25) is 4.79 Å². The minimum atomic E-state index is -0.0723. The van der Waals surface area contributed by atoms with Crippen LogP contribution >= 0.6 is 0 Å². The summed E-state index contributed by atoms with van der Waals surface area (Å²) in [5, 5.41) is 0. The van der Waals surface area contributed by atoms with Crippen LogP contribution in [0.1, 0.15) is 32.6 Å². The molecular formula is C19H27NO4. The Hall–Kier alpha value is -1.59. The lowest BCUT2D eigenvalue weighted by Gasteiger charge is -2.38. The van der Waals surface area contributed by atoms with Crippen molar-refractivity contribution in [3.63, 3.8) is 0 Å². The first-order valence-electron chi connectivity index (χ1n) is 8.92. The number of hydrogen-bond acceptors (Lipinski definition) is 4. The molecule has 1 spiro atoms. The topological polar surface area (TPSA) is 48.0 Å². The molecule has 2 saturated heterocycles. The summed E-state index contributed by atoms with van der Waals surface area (Å²) >= 11 is 0. The average molecular weight is 333 g/mol. The number of carbonyl (C=O) groups is 1. The fourth-order valence-electron chi connectivity index (χ4n) is 3.59. The Bertz CT molecular complexity index is 525. The van der Waals surface area contributed by atoms with Crippen LogP contribution in [0, 0.1) is 0 Å². The van der Waals surface area contributed by atoms with Crippen LogP contribution in [-0.4, -0.2) is 55.4 Å². The molecule has 1 aromatic carbocycles. The fourth-order valence-corrected chi connectivity index (χ4v) is 3.59. The zero-order chi connectivity index (χ0) is 16.8. The number of carbonyl (C=O) groups excluding carboxylic acids is 1. The van der Waals surface area contributed by atoms with E-state index in [0.717, 1.165) is 44.7 Å². The molecule has 0 bridgehead atoms. The van der Waals surface area contributed by atoms with Gasteiger partial charge < -0.3 is 19.1 Å². The lowest BCUT2D eigenvalue weighted by molar-refractivity contribution is -0.136. The van der Waals surface area contributed by atoms with Gasteiger partial charge in [-0.05, 0) is 31.9 Å². The molecule has 132 valence electrons. The van der Waals surface area contributed by atoms with Crippen LogP contribution in [0.5, 0.6) is 5.75 Å². The summed E-state index contributed by atoms with van der Waals surface area (Å²) in [6.07, 6.45) is 3.41. The van der Waals surface area contributed by atoms with Gasteiger partial charge in [0.1, 0.15) is 5.75 Å². The lowest BCUT2D eigenvalue weighted by Crippen LogP contribution is -2.46. The van der Waals surface area contributed by atoms with Crippen LogP contribution in [0.3, 0.4) is 0 Å². The highest BCUT2D eigenvalue weighted by Crippen LogP contribution is 2.37. The highest BCUT2D eigenvalue weighted by molar-refractivity contribution is 5.76. The molecule has 0 unspecified atom stereocenters. The van der Waals surface area contributed by atoms with Crippen LogP contribution in [0.4, 0.5) is 0 Å². The van der Waals surface area contributed by atoms with Crippen molar-refractivity contribution >= 4 is 5.91 Å². The van der Waals surface area contributed by atoms with Crippen molar-refractivity contribution in [1.29, 1.82) is 0 Å². The molecule has 24 heavy (non-hydrogen) atoms. The average Bonchev–Trinajstić information content (AvgIpc) is 2.99. The molecule has 5 nitrogen and oxygen atoms in total. The molecule has 0 radical (unpaired) electrons. The van der Waals surface area contributed by atoms with Crippen molar-refractivity contribution in [2.75, 3.05) is 32.9 Å². The van der Waals surface area contributed by atoms with Gasteiger partial charge in [-0.2, -0.15) is 0 Å². The van der Waals surface area contributed by atoms with E-state index >= 15 is 0 Å². The van der Waals surface area contributed by atoms with Crippen molar-refractivity contribution in [1.82, 2.24) is 4.90 Å². The number of piperidine rings is 1. The van der Waals surface area contributed by atoms with Crippen LogP contribution < -0.4 is 4.74 Å². The Labute approximate surface area is 143 Å². The molecular weight excluding hydrogens is 306 g/mol. The summed E-state index contributed by atoms with van der Waals surface area (Å²) in [7, 11) is 0. The third-order valence-corrected chi connectivity index (χ3v) is 4.93. The SMILES string of the molecule is CCO[C@H]1COC2(CCN(C(=O)CCOc3ccccc3)CC2)C1. The Kier molecular flexibility index (Phi) is 5.74. The van der Waals surface area contributed by atoms with Gasteiger partial charge in [-0.15, -0.1) is 0 Å². The van der Waals surface area contributed by atoms with Crippen LogP contribution in [0.2, 0.25) is 0 Å². The van der Waals surface area contributed by atoms with Crippen molar-refractivity contribution < 1.29 is 19.0 Å². The Morgan fingerprint density at radius 3 is 2.75 bits per heavy atom. The van der Waals surface area contributed by atoms with E-state index in [1.165, 1.54) is 0 Å². The van der Waals surface area contributed by atoms with Gasteiger partial charge in [0.25, 0.3) is 0 Å². The van der Waals surface area contributed by atoms with E-state index in [1.54, 1.807) is 0 Å². The summed E-state index contributed by atoms with van der Waals surface area (Å²) in [5.41, 5.74) is -0.0723. The molecule has 1 atom stereocenters. The summed E-state index contributed by atoms with van der Waals surface area (Å²) in [5.74, 6) is 0.976. The first kappa shape index (κ1) is 17.2. The summed E-state index contributed by atoms with van der Waals surface area (Å²) < 4.78 is 17.3. The molecule has 2 aliphatic rings. The number of nitrogens with zero attached hydrogens (tertiary/aromatic N) is 1. The largest absolute Gasteiger partial charge is 0.493 e. The highest BCUT2D eigenvalue weighted by Gasteiger charge is 2.43. The smallest absolute Gasteiger partial charge is 0.226 e. The number of benzene rings is 1. The first-order valence-corrected chi connectivity index (χ1v) is 8.92. The highest BCUT2D eigenvalue weighted by atomic mass is 16.6. The monoisotopic (exact) mass is 333 g/mol. The van der Waals surface area contributed by atoms with Gasteiger partial charge in [0.2, 0.25) is 5.91 Å². The molecule has 2 fully saturated rings. The number of rotatable bonds is 6. The minimum Gasteiger partial charge on any atom is -0.493 e. The van der Waals surface area contributed by atoms with E-state index in [0.29, 0.717) is 19.6 Å². The lowest BCUT2D eigenvalue weighted by atomic mass is 9.88. The third-order valence-electron chi connectivity index (χ3n) is 4.93. The predicted octanol–water partition coefficient (Wildman–Crippen LogP) is 2.64. The summed E-state index contributed by atoms with van der Waals surface area (Å²) in [4.78, 5) is 14.3. The molecule has 0 N–H and O–H groups in total. The van der Waals surface area contributed by atoms with Gasteiger partial charge >= 0.3 is 0 Å². The van der Waals surface area contributed by atoms with Crippen LogP contribution in [-0.2, 0) is 14.3 Å². The van der Waals surface area contributed by atoms with E-state index in [1.807, 2.05) is 42.2 Å². The zero-order valence-corrected chi connectivity index (χ0v) is 14.4. The maximum atomic E-state index is 12.3. The molecule has 0 saturated carbocycles. The molecule has 0 aromatic heterocycles. The van der Waals surface area contributed by atoms with Crippen molar-refractivity contribution in [3.8, 4) is 5.75 Å². The number of ether oxygens (including phenoxy) is 3. The van der Waals surface area contributed by atoms with E-state index in [-0.39, 0.29) is 17.6 Å². The maximum absolute atomic E-state index is 12.3. The predicted molar refractivity (Wildman–Crippen MR) is 91.1 cm³/mol. The van der Waals surface area contributed by atoms with Crippen LogP contribution in [0.15, 0.2) is 30.3 Å². The van der Waals surface area contributed by atoms with Gasteiger partial charge in [0, 0.05) is 26.1 Å². The molecule has 3 rings (SSSR count). The minimum absolute atomic E-state index is 0.0723. The van der Waals surface area contributed by atoms with Gasteiger partial charge in [-0.25, -0.2) is 0 Å². The number of para-hydroxylation sites is 1. The van der Waals surface area contributed by atoms with Gasteiger partial charge in [0.05, 0.1) is 31.3 Å². The Balaban J connectivity index is 1.39.